The smallest absolute Gasteiger partial charge is 0.0386 e. The summed E-state index contributed by atoms with van der Waals surface area (Å²) < 4.78 is 0. The third kappa shape index (κ3) is 5.74. The first kappa shape index (κ1) is 17.6. The SMILES string of the molecule is CCCCC(CC)C(C)Cc1cccc(Nc2ccccc2)c1. The molecule has 0 bridgehead atoms. The first-order chi connectivity index (χ1) is 11.2. The zero-order valence-electron chi connectivity index (χ0n) is 14.9. The first-order valence-corrected chi connectivity index (χ1v) is 9.14. The second kappa shape index (κ2) is 9.39. The van der Waals surface area contributed by atoms with E-state index in [1.807, 2.05) is 6.07 Å². The van der Waals surface area contributed by atoms with Crippen LogP contribution in [-0.2, 0) is 6.42 Å². The third-order valence-electron chi connectivity index (χ3n) is 4.80. The Morgan fingerprint density at radius 2 is 1.65 bits per heavy atom. The lowest BCUT2D eigenvalue weighted by Gasteiger charge is -2.23. The summed E-state index contributed by atoms with van der Waals surface area (Å²) in [6.45, 7) is 7.04. The van der Waals surface area contributed by atoms with E-state index < -0.39 is 0 Å². The molecule has 0 fully saturated rings. The minimum atomic E-state index is 0.749. The second-order valence-electron chi connectivity index (χ2n) is 6.68. The van der Waals surface area contributed by atoms with Gasteiger partial charge in [-0.25, -0.2) is 0 Å². The van der Waals surface area contributed by atoms with Gasteiger partial charge in [-0.2, -0.15) is 0 Å². The molecule has 0 amide bonds. The molecule has 2 unspecified atom stereocenters. The van der Waals surface area contributed by atoms with Gasteiger partial charge in [0.15, 0.2) is 0 Å². The van der Waals surface area contributed by atoms with Crippen molar-refractivity contribution in [3.05, 3.63) is 60.2 Å². The van der Waals surface area contributed by atoms with Gasteiger partial charge >= 0.3 is 0 Å². The van der Waals surface area contributed by atoms with E-state index >= 15 is 0 Å². The van der Waals surface area contributed by atoms with E-state index in [4.69, 9.17) is 0 Å². The number of para-hydroxylation sites is 1. The highest BCUT2D eigenvalue weighted by atomic mass is 14.9. The summed E-state index contributed by atoms with van der Waals surface area (Å²) in [5.41, 5.74) is 3.77. The molecule has 2 rings (SSSR count). The average molecular weight is 309 g/mol. The van der Waals surface area contributed by atoms with Gasteiger partial charge in [0.1, 0.15) is 0 Å². The highest BCUT2D eigenvalue weighted by Crippen LogP contribution is 2.26. The Morgan fingerprint density at radius 3 is 2.35 bits per heavy atom. The Kier molecular flexibility index (Phi) is 7.19. The van der Waals surface area contributed by atoms with Gasteiger partial charge in [0.05, 0.1) is 0 Å². The van der Waals surface area contributed by atoms with E-state index in [-0.39, 0.29) is 0 Å². The summed E-state index contributed by atoms with van der Waals surface area (Å²) >= 11 is 0. The molecular formula is C22H31N. The summed E-state index contributed by atoms with van der Waals surface area (Å²) in [5.74, 6) is 1.60. The van der Waals surface area contributed by atoms with E-state index in [1.54, 1.807) is 0 Å². The number of anilines is 2. The zero-order valence-corrected chi connectivity index (χ0v) is 14.9. The minimum Gasteiger partial charge on any atom is -0.356 e. The van der Waals surface area contributed by atoms with Gasteiger partial charge in [0, 0.05) is 11.4 Å². The molecule has 0 spiro atoms. The van der Waals surface area contributed by atoms with Crippen LogP contribution in [0.4, 0.5) is 11.4 Å². The summed E-state index contributed by atoms with van der Waals surface area (Å²) in [6, 6.07) is 19.3. The fourth-order valence-electron chi connectivity index (χ4n) is 3.36. The molecule has 2 atom stereocenters. The molecule has 0 saturated heterocycles. The standard InChI is InChI=1S/C22H31N/c1-4-6-12-20(5-2)18(3)16-19-11-10-15-22(17-19)23-21-13-8-7-9-14-21/h7-11,13-15,17-18,20,23H,4-6,12,16H2,1-3H3. The van der Waals surface area contributed by atoms with Gasteiger partial charge in [0.25, 0.3) is 0 Å². The quantitative estimate of drug-likeness (QED) is 0.535. The summed E-state index contributed by atoms with van der Waals surface area (Å²) in [5, 5.41) is 3.50. The number of unbranched alkanes of at least 4 members (excludes halogenated alkanes) is 1. The van der Waals surface area contributed by atoms with Crippen molar-refractivity contribution < 1.29 is 0 Å². The van der Waals surface area contributed by atoms with E-state index in [0.717, 1.165) is 17.5 Å². The van der Waals surface area contributed by atoms with Crippen molar-refractivity contribution in [1.29, 1.82) is 0 Å². The van der Waals surface area contributed by atoms with E-state index in [2.05, 4.69) is 74.6 Å². The Hall–Kier alpha value is -1.76. The van der Waals surface area contributed by atoms with Crippen LogP contribution in [0.3, 0.4) is 0 Å². The van der Waals surface area contributed by atoms with Crippen LogP contribution in [0, 0.1) is 11.8 Å². The molecule has 124 valence electrons. The van der Waals surface area contributed by atoms with Gasteiger partial charge in [0.2, 0.25) is 0 Å². The minimum absolute atomic E-state index is 0.749. The van der Waals surface area contributed by atoms with Crippen molar-refractivity contribution in [2.45, 2.75) is 52.9 Å². The number of rotatable bonds is 9. The van der Waals surface area contributed by atoms with Crippen LogP contribution in [0.2, 0.25) is 0 Å². The summed E-state index contributed by atoms with van der Waals surface area (Å²) in [6.07, 6.45) is 6.50. The van der Waals surface area contributed by atoms with E-state index in [9.17, 15) is 0 Å². The van der Waals surface area contributed by atoms with Gasteiger partial charge in [-0.1, -0.05) is 76.8 Å². The molecule has 0 saturated carbocycles. The largest absolute Gasteiger partial charge is 0.356 e. The van der Waals surface area contributed by atoms with Crippen molar-refractivity contribution in [1.82, 2.24) is 0 Å². The lowest BCUT2D eigenvalue weighted by atomic mass is 9.83. The fraction of sp³-hybridized carbons (Fsp3) is 0.455. The van der Waals surface area contributed by atoms with Crippen LogP contribution >= 0.6 is 0 Å². The molecule has 0 aliphatic heterocycles. The van der Waals surface area contributed by atoms with Gasteiger partial charge in [-0.05, 0) is 48.1 Å². The fourth-order valence-corrected chi connectivity index (χ4v) is 3.36. The normalized spacial score (nSPS) is 13.5. The van der Waals surface area contributed by atoms with Crippen molar-refractivity contribution in [3.8, 4) is 0 Å². The molecule has 1 heteroatoms. The van der Waals surface area contributed by atoms with Crippen LogP contribution in [0.25, 0.3) is 0 Å². The topological polar surface area (TPSA) is 12.0 Å². The molecule has 0 heterocycles. The first-order valence-electron chi connectivity index (χ1n) is 9.14. The van der Waals surface area contributed by atoms with E-state index in [0.29, 0.717) is 0 Å². The third-order valence-corrected chi connectivity index (χ3v) is 4.80. The average Bonchev–Trinajstić information content (AvgIpc) is 2.57. The molecule has 2 aromatic rings. The number of benzene rings is 2. The second-order valence-corrected chi connectivity index (χ2v) is 6.68. The van der Waals surface area contributed by atoms with Crippen LogP contribution in [-0.4, -0.2) is 0 Å². The molecule has 0 aliphatic carbocycles. The Morgan fingerprint density at radius 1 is 0.913 bits per heavy atom. The van der Waals surface area contributed by atoms with Crippen molar-refractivity contribution in [2.75, 3.05) is 5.32 Å². The van der Waals surface area contributed by atoms with Crippen LogP contribution in [0.5, 0.6) is 0 Å². The van der Waals surface area contributed by atoms with Gasteiger partial charge in [-0.15, -0.1) is 0 Å². The Bertz CT molecular complexity index is 561. The molecule has 0 aliphatic rings. The number of hydrogen-bond donors (Lipinski definition) is 1. The maximum absolute atomic E-state index is 3.50. The van der Waals surface area contributed by atoms with Gasteiger partial charge < -0.3 is 5.32 Å². The van der Waals surface area contributed by atoms with E-state index in [1.165, 1.54) is 43.4 Å². The van der Waals surface area contributed by atoms with Crippen LogP contribution in [0.15, 0.2) is 54.6 Å². The molecular weight excluding hydrogens is 278 g/mol. The predicted octanol–water partition coefficient (Wildman–Crippen LogP) is 6.83. The summed E-state index contributed by atoms with van der Waals surface area (Å²) in [4.78, 5) is 0. The number of hydrogen-bond acceptors (Lipinski definition) is 1. The summed E-state index contributed by atoms with van der Waals surface area (Å²) in [7, 11) is 0. The molecule has 2 aromatic carbocycles. The highest BCUT2D eigenvalue weighted by Gasteiger charge is 2.15. The van der Waals surface area contributed by atoms with Crippen LogP contribution < -0.4 is 5.32 Å². The highest BCUT2D eigenvalue weighted by molar-refractivity contribution is 5.60. The Labute approximate surface area is 142 Å². The van der Waals surface area contributed by atoms with Crippen molar-refractivity contribution in [2.24, 2.45) is 11.8 Å². The van der Waals surface area contributed by atoms with Crippen LogP contribution in [0.1, 0.15) is 52.0 Å². The molecule has 1 N–H and O–H groups in total. The zero-order chi connectivity index (χ0) is 16.5. The lowest BCUT2D eigenvalue weighted by molar-refractivity contribution is 0.316. The predicted molar refractivity (Wildman–Crippen MR) is 102 cm³/mol. The molecule has 0 aromatic heterocycles. The van der Waals surface area contributed by atoms with Gasteiger partial charge in [-0.3, -0.25) is 0 Å². The van der Waals surface area contributed by atoms with Crippen molar-refractivity contribution >= 4 is 11.4 Å². The maximum atomic E-state index is 3.50. The monoisotopic (exact) mass is 309 g/mol. The molecule has 1 nitrogen and oxygen atoms in total. The maximum Gasteiger partial charge on any atom is 0.0386 e. The Balaban J connectivity index is 1.99. The van der Waals surface area contributed by atoms with Crippen molar-refractivity contribution in [3.63, 3.8) is 0 Å². The number of nitrogens with one attached hydrogen (secondary N) is 1. The lowest BCUT2D eigenvalue weighted by Crippen LogP contribution is -2.13. The molecule has 23 heavy (non-hydrogen) atoms. The molecule has 0 radical (unpaired) electrons.